The van der Waals surface area contributed by atoms with E-state index < -0.39 is 0 Å². The van der Waals surface area contributed by atoms with Crippen LogP contribution in [0.1, 0.15) is 33.6 Å². The maximum atomic E-state index is 12.9. The zero-order valence-corrected chi connectivity index (χ0v) is 22.1. The van der Waals surface area contributed by atoms with Crippen LogP contribution in [-0.2, 0) is 9.59 Å². The van der Waals surface area contributed by atoms with E-state index in [1.807, 2.05) is 42.2 Å². The first kappa shape index (κ1) is 26.3. The Balaban J connectivity index is 1.31. The molecule has 0 spiro atoms. The summed E-state index contributed by atoms with van der Waals surface area (Å²) in [6.45, 7) is 9.52. The second-order valence-electron chi connectivity index (χ2n) is 9.94. The highest BCUT2D eigenvalue weighted by molar-refractivity contribution is 5.85. The van der Waals surface area contributed by atoms with Crippen molar-refractivity contribution in [3.63, 3.8) is 0 Å². The Morgan fingerprint density at radius 1 is 0.838 bits per heavy atom. The standard InChI is InChI=1S/C30H37N5O2/c1-4-29(36)35(17-16-23(2)3)22-30(37)34-20-18-33(19-21-34)28-15-14-27(31-32-28)26-12-10-25(11-13-26)24-8-6-5-7-9-24/h5-15,23H,4,16-22H2,1-3H3. The van der Waals surface area contributed by atoms with Gasteiger partial charge < -0.3 is 14.7 Å². The van der Waals surface area contributed by atoms with Gasteiger partial charge in [0.15, 0.2) is 5.82 Å². The largest absolute Gasteiger partial charge is 0.352 e. The second kappa shape index (κ2) is 12.5. The minimum absolute atomic E-state index is 0.0191. The molecule has 0 aliphatic carbocycles. The Labute approximate surface area is 220 Å². The minimum atomic E-state index is 0.0191. The topological polar surface area (TPSA) is 69.6 Å². The molecule has 0 atom stereocenters. The van der Waals surface area contributed by atoms with E-state index >= 15 is 0 Å². The minimum Gasteiger partial charge on any atom is -0.352 e. The predicted octanol–water partition coefficient (Wildman–Crippen LogP) is 4.74. The summed E-state index contributed by atoms with van der Waals surface area (Å²) < 4.78 is 0. The molecule has 1 aliphatic rings. The van der Waals surface area contributed by atoms with Crippen molar-refractivity contribution < 1.29 is 9.59 Å². The Kier molecular flexibility index (Phi) is 8.88. The first-order chi connectivity index (χ1) is 17.9. The van der Waals surface area contributed by atoms with Crippen LogP contribution in [0.2, 0.25) is 0 Å². The van der Waals surface area contributed by atoms with Gasteiger partial charge in [0, 0.05) is 44.7 Å². The molecule has 3 aromatic rings. The fourth-order valence-electron chi connectivity index (χ4n) is 4.49. The molecule has 1 aromatic heterocycles. The molecule has 1 saturated heterocycles. The lowest BCUT2D eigenvalue weighted by Crippen LogP contribution is -2.52. The molecule has 1 fully saturated rings. The van der Waals surface area contributed by atoms with Gasteiger partial charge in [-0.3, -0.25) is 9.59 Å². The third kappa shape index (κ3) is 6.94. The average Bonchev–Trinajstić information content (AvgIpc) is 2.95. The van der Waals surface area contributed by atoms with Crippen molar-refractivity contribution in [2.45, 2.75) is 33.6 Å². The quantitative estimate of drug-likeness (QED) is 0.425. The first-order valence-electron chi connectivity index (χ1n) is 13.2. The Morgan fingerprint density at radius 3 is 2.08 bits per heavy atom. The predicted molar refractivity (Wildman–Crippen MR) is 148 cm³/mol. The number of piperazine rings is 1. The van der Waals surface area contributed by atoms with E-state index in [-0.39, 0.29) is 18.4 Å². The lowest BCUT2D eigenvalue weighted by atomic mass is 10.0. The number of benzene rings is 2. The molecule has 0 unspecified atom stereocenters. The zero-order chi connectivity index (χ0) is 26.2. The van der Waals surface area contributed by atoms with E-state index in [1.54, 1.807) is 4.90 Å². The Morgan fingerprint density at radius 2 is 1.49 bits per heavy atom. The van der Waals surface area contributed by atoms with Gasteiger partial charge in [-0.25, -0.2) is 0 Å². The van der Waals surface area contributed by atoms with Gasteiger partial charge in [0.2, 0.25) is 11.8 Å². The SMILES string of the molecule is CCC(=O)N(CCC(C)C)CC(=O)N1CCN(c2ccc(-c3ccc(-c4ccccc4)cc3)nn2)CC1. The van der Waals surface area contributed by atoms with Crippen molar-refractivity contribution >= 4 is 17.6 Å². The number of nitrogens with zero attached hydrogens (tertiary/aromatic N) is 5. The van der Waals surface area contributed by atoms with Gasteiger partial charge in [-0.05, 0) is 35.6 Å². The molecule has 7 nitrogen and oxygen atoms in total. The van der Waals surface area contributed by atoms with E-state index in [2.05, 4.69) is 65.3 Å². The molecular formula is C30H37N5O2. The molecule has 2 heterocycles. The van der Waals surface area contributed by atoms with Crippen LogP contribution in [0.4, 0.5) is 5.82 Å². The number of anilines is 1. The third-order valence-electron chi connectivity index (χ3n) is 6.85. The summed E-state index contributed by atoms with van der Waals surface area (Å²) in [5.74, 6) is 1.37. The van der Waals surface area contributed by atoms with E-state index in [1.165, 1.54) is 11.1 Å². The molecule has 37 heavy (non-hydrogen) atoms. The third-order valence-corrected chi connectivity index (χ3v) is 6.85. The van der Waals surface area contributed by atoms with Crippen molar-refractivity contribution in [3.8, 4) is 22.4 Å². The van der Waals surface area contributed by atoms with Crippen LogP contribution in [0.5, 0.6) is 0 Å². The highest BCUT2D eigenvalue weighted by Gasteiger charge is 2.25. The molecule has 194 valence electrons. The molecule has 0 N–H and O–H groups in total. The Hall–Kier alpha value is -3.74. The van der Waals surface area contributed by atoms with Crippen molar-refractivity contribution in [2.75, 3.05) is 44.2 Å². The molecule has 2 aromatic carbocycles. The van der Waals surface area contributed by atoms with Gasteiger partial charge in [0.1, 0.15) is 0 Å². The molecule has 0 saturated carbocycles. The van der Waals surface area contributed by atoms with Gasteiger partial charge in [-0.15, -0.1) is 10.2 Å². The molecule has 2 amide bonds. The van der Waals surface area contributed by atoms with Crippen LogP contribution in [0.3, 0.4) is 0 Å². The van der Waals surface area contributed by atoms with E-state index in [0.717, 1.165) is 23.5 Å². The van der Waals surface area contributed by atoms with E-state index in [9.17, 15) is 9.59 Å². The lowest BCUT2D eigenvalue weighted by Gasteiger charge is -2.36. The van der Waals surface area contributed by atoms with Gasteiger partial charge in [-0.2, -0.15) is 0 Å². The second-order valence-corrected chi connectivity index (χ2v) is 9.94. The van der Waals surface area contributed by atoms with Crippen LogP contribution in [0.25, 0.3) is 22.4 Å². The van der Waals surface area contributed by atoms with Crippen LogP contribution in [0, 0.1) is 5.92 Å². The summed E-state index contributed by atoms with van der Waals surface area (Å²) in [6, 6.07) is 22.7. The number of hydrogen-bond donors (Lipinski definition) is 0. The normalized spacial score (nSPS) is 13.6. The number of carbonyl (C=O) groups is 2. The van der Waals surface area contributed by atoms with Crippen LogP contribution >= 0.6 is 0 Å². The summed E-state index contributed by atoms with van der Waals surface area (Å²) in [5, 5.41) is 8.94. The monoisotopic (exact) mass is 499 g/mol. The molecule has 0 bridgehead atoms. The Bertz CT molecular complexity index is 1150. The molecule has 0 radical (unpaired) electrons. The van der Waals surface area contributed by atoms with Crippen LogP contribution in [-0.4, -0.2) is 71.1 Å². The molecular weight excluding hydrogens is 462 g/mol. The molecule has 1 aliphatic heterocycles. The fraction of sp³-hybridized carbons (Fsp3) is 0.400. The first-order valence-corrected chi connectivity index (χ1v) is 13.2. The summed E-state index contributed by atoms with van der Waals surface area (Å²) in [4.78, 5) is 31.0. The molecule has 4 rings (SSSR count). The average molecular weight is 500 g/mol. The lowest BCUT2D eigenvalue weighted by molar-refractivity contribution is -0.140. The summed E-state index contributed by atoms with van der Waals surface area (Å²) in [6.07, 6.45) is 1.32. The fourth-order valence-corrected chi connectivity index (χ4v) is 4.49. The van der Waals surface area contributed by atoms with Gasteiger partial charge in [0.05, 0.1) is 12.2 Å². The number of aromatic nitrogens is 2. The van der Waals surface area contributed by atoms with Crippen molar-refractivity contribution in [1.82, 2.24) is 20.0 Å². The number of hydrogen-bond acceptors (Lipinski definition) is 5. The van der Waals surface area contributed by atoms with Crippen LogP contribution in [0.15, 0.2) is 66.7 Å². The van der Waals surface area contributed by atoms with Gasteiger partial charge in [-0.1, -0.05) is 75.4 Å². The van der Waals surface area contributed by atoms with Crippen LogP contribution < -0.4 is 4.90 Å². The highest BCUT2D eigenvalue weighted by atomic mass is 16.2. The maximum absolute atomic E-state index is 12.9. The number of rotatable bonds is 9. The summed E-state index contributed by atoms with van der Waals surface area (Å²) >= 11 is 0. The summed E-state index contributed by atoms with van der Waals surface area (Å²) in [5.41, 5.74) is 4.22. The zero-order valence-electron chi connectivity index (χ0n) is 22.1. The highest BCUT2D eigenvalue weighted by Crippen LogP contribution is 2.24. The summed E-state index contributed by atoms with van der Waals surface area (Å²) in [7, 11) is 0. The van der Waals surface area contributed by atoms with E-state index in [4.69, 9.17) is 0 Å². The smallest absolute Gasteiger partial charge is 0.242 e. The molecule has 7 heteroatoms. The van der Waals surface area contributed by atoms with Gasteiger partial charge >= 0.3 is 0 Å². The van der Waals surface area contributed by atoms with Crippen molar-refractivity contribution in [3.05, 3.63) is 66.7 Å². The van der Waals surface area contributed by atoms with Crippen molar-refractivity contribution in [2.24, 2.45) is 5.92 Å². The number of amides is 2. The van der Waals surface area contributed by atoms with E-state index in [0.29, 0.717) is 45.1 Å². The van der Waals surface area contributed by atoms with Crippen molar-refractivity contribution in [1.29, 1.82) is 0 Å². The number of carbonyl (C=O) groups excluding carboxylic acids is 2. The van der Waals surface area contributed by atoms with Gasteiger partial charge in [0.25, 0.3) is 0 Å². The maximum Gasteiger partial charge on any atom is 0.242 e.